The maximum absolute atomic E-state index is 12.3. The molecule has 2 heterocycles. The molecule has 0 radical (unpaired) electrons. The maximum atomic E-state index is 12.3. The summed E-state index contributed by atoms with van der Waals surface area (Å²) in [4.78, 5) is 17.1. The maximum Gasteiger partial charge on any atom is 0.276 e. The topological polar surface area (TPSA) is 68.5 Å². The number of hydrogen-bond acceptors (Lipinski definition) is 5. The molecule has 0 saturated carbocycles. The van der Waals surface area contributed by atoms with Crippen molar-refractivity contribution in [3.63, 3.8) is 0 Å². The zero-order chi connectivity index (χ0) is 16.2. The van der Waals surface area contributed by atoms with E-state index in [0.717, 1.165) is 10.2 Å². The first kappa shape index (κ1) is 15.2. The summed E-state index contributed by atoms with van der Waals surface area (Å²) in [6.07, 6.45) is 1.59. The molecule has 23 heavy (non-hydrogen) atoms. The molecule has 0 unspecified atom stereocenters. The number of nitrogens with zero attached hydrogens (tertiary/aromatic N) is 3. The van der Waals surface area contributed by atoms with Crippen LogP contribution in [0.3, 0.4) is 0 Å². The molecule has 1 aromatic carbocycles. The van der Waals surface area contributed by atoms with Crippen LogP contribution in [-0.2, 0) is 7.05 Å². The van der Waals surface area contributed by atoms with E-state index in [1.807, 2.05) is 42.8 Å². The van der Waals surface area contributed by atoms with Crippen molar-refractivity contribution >= 4 is 27.5 Å². The summed E-state index contributed by atoms with van der Waals surface area (Å²) in [7, 11) is 1.92. The fourth-order valence-corrected chi connectivity index (χ4v) is 3.14. The van der Waals surface area contributed by atoms with E-state index in [-0.39, 0.29) is 5.91 Å². The van der Waals surface area contributed by atoms with Crippen LogP contribution in [0, 0.1) is 0 Å². The number of pyridine rings is 1. The van der Waals surface area contributed by atoms with Crippen LogP contribution in [0.2, 0.25) is 0 Å². The zero-order valence-electron chi connectivity index (χ0n) is 12.8. The van der Waals surface area contributed by atoms with Crippen LogP contribution >= 0.6 is 11.3 Å². The number of carbonyl (C=O) groups is 1. The van der Waals surface area contributed by atoms with Crippen LogP contribution in [0.25, 0.3) is 10.2 Å². The molecule has 0 saturated heterocycles. The minimum atomic E-state index is -0.348. The Morgan fingerprint density at radius 3 is 2.96 bits per heavy atom. The average molecular weight is 328 g/mol. The van der Waals surface area contributed by atoms with Crippen LogP contribution < -0.4 is 15.0 Å². The van der Waals surface area contributed by atoms with Gasteiger partial charge in [0.15, 0.2) is 0 Å². The number of aryl methyl sites for hydroxylation is 1. The number of hydrogen-bond donors (Lipinski definition) is 1. The molecule has 1 amide bonds. The molecule has 6 nitrogen and oxygen atoms in total. The molecule has 0 aliphatic heterocycles. The van der Waals surface area contributed by atoms with Gasteiger partial charge in [-0.3, -0.25) is 4.79 Å². The van der Waals surface area contributed by atoms with Crippen molar-refractivity contribution in [1.29, 1.82) is 0 Å². The number of amides is 1. The minimum Gasteiger partial charge on any atom is -0.477 e. The first-order valence-corrected chi connectivity index (χ1v) is 7.98. The van der Waals surface area contributed by atoms with Gasteiger partial charge in [-0.15, -0.1) is 5.10 Å². The first-order valence-electron chi connectivity index (χ1n) is 7.17. The number of carbonyl (C=O) groups excluding carboxylic acids is 1. The second-order valence-electron chi connectivity index (χ2n) is 4.75. The fourth-order valence-electron chi connectivity index (χ4n) is 2.16. The van der Waals surface area contributed by atoms with Gasteiger partial charge < -0.3 is 9.30 Å². The van der Waals surface area contributed by atoms with E-state index >= 15 is 0 Å². The predicted octanol–water partition coefficient (Wildman–Crippen LogP) is 2.28. The number of fused-ring (bicyclic) bond motifs is 1. The van der Waals surface area contributed by atoms with Crippen molar-refractivity contribution in [3.8, 4) is 5.88 Å². The number of para-hydroxylation sites is 1. The summed E-state index contributed by atoms with van der Waals surface area (Å²) < 4.78 is 8.41. The highest BCUT2D eigenvalue weighted by molar-refractivity contribution is 7.16. The summed E-state index contributed by atoms with van der Waals surface area (Å²) in [5, 5.41) is 4.22. The van der Waals surface area contributed by atoms with Gasteiger partial charge in [0.25, 0.3) is 5.91 Å². The number of aromatic nitrogens is 2. The van der Waals surface area contributed by atoms with Gasteiger partial charge in [-0.25, -0.2) is 10.4 Å². The molecule has 0 bridgehead atoms. The second kappa shape index (κ2) is 6.62. The number of thiazole rings is 1. The summed E-state index contributed by atoms with van der Waals surface area (Å²) >= 11 is 1.51. The fraction of sp³-hybridized carbons (Fsp3) is 0.188. The van der Waals surface area contributed by atoms with E-state index in [1.54, 1.807) is 18.3 Å². The Balaban J connectivity index is 1.90. The van der Waals surface area contributed by atoms with Crippen molar-refractivity contribution in [2.45, 2.75) is 6.92 Å². The Kier molecular flexibility index (Phi) is 4.38. The lowest BCUT2D eigenvalue weighted by molar-refractivity contribution is 0.0948. The molecule has 3 aromatic rings. The monoisotopic (exact) mass is 328 g/mol. The zero-order valence-corrected chi connectivity index (χ0v) is 13.6. The lowest BCUT2D eigenvalue weighted by Crippen LogP contribution is -2.24. The third-order valence-electron chi connectivity index (χ3n) is 3.26. The predicted molar refractivity (Wildman–Crippen MR) is 89.2 cm³/mol. The summed E-state index contributed by atoms with van der Waals surface area (Å²) in [6.45, 7) is 2.29. The van der Waals surface area contributed by atoms with Crippen molar-refractivity contribution < 1.29 is 9.53 Å². The number of rotatable bonds is 4. The molecule has 0 fully saturated rings. The highest BCUT2D eigenvalue weighted by Gasteiger charge is 2.12. The van der Waals surface area contributed by atoms with Crippen molar-refractivity contribution in [2.24, 2.45) is 12.1 Å². The van der Waals surface area contributed by atoms with Crippen molar-refractivity contribution in [3.05, 3.63) is 53.0 Å². The van der Waals surface area contributed by atoms with Crippen molar-refractivity contribution in [1.82, 2.24) is 15.0 Å². The first-order chi connectivity index (χ1) is 11.2. The lowest BCUT2D eigenvalue weighted by Gasteiger charge is -2.06. The van der Waals surface area contributed by atoms with Gasteiger partial charge in [0.2, 0.25) is 10.7 Å². The number of ether oxygens (including phenoxy) is 1. The van der Waals surface area contributed by atoms with Crippen LogP contribution in [0.4, 0.5) is 0 Å². The Bertz CT molecular complexity index is 914. The molecule has 7 heteroatoms. The van der Waals surface area contributed by atoms with E-state index in [4.69, 9.17) is 4.74 Å². The largest absolute Gasteiger partial charge is 0.477 e. The van der Waals surface area contributed by atoms with Crippen LogP contribution in [0.1, 0.15) is 17.3 Å². The van der Waals surface area contributed by atoms with Gasteiger partial charge >= 0.3 is 0 Å². The lowest BCUT2D eigenvalue weighted by atomic mass is 10.2. The molecule has 1 N–H and O–H groups in total. The van der Waals surface area contributed by atoms with Gasteiger partial charge in [-0.1, -0.05) is 23.5 Å². The molecule has 0 aliphatic rings. The Morgan fingerprint density at radius 1 is 1.35 bits per heavy atom. The third kappa shape index (κ3) is 3.09. The third-order valence-corrected chi connectivity index (χ3v) is 4.38. The van der Waals surface area contributed by atoms with Gasteiger partial charge in [-0.2, -0.15) is 0 Å². The molecular formula is C16H16N4O2S. The van der Waals surface area contributed by atoms with Gasteiger partial charge in [0, 0.05) is 13.2 Å². The molecule has 0 atom stereocenters. The van der Waals surface area contributed by atoms with Gasteiger partial charge in [0.1, 0.15) is 5.56 Å². The Hall–Kier alpha value is -2.67. The number of benzene rings is 1. The van der Waals surface area contributed by atoms with E-state index in [0.29, 0.717) is 22.9 Å². The Labute approximate surface area is 137 Å². The highest BCUT2D eigenvalue weighted by atomic mass is 32.1. The van der Waals surface area contributed by atoms with Crippen LogP contribution in [-0.4, -0.2) is 22.1 Å². The van der Waals surface area contributed by atoms with Gasteiger partial charge in [-0.05, 0) is 31.2 Å². The van der Waals surface area contributed by atoms with Crippen molar-refractivity contribution in [2.75, 3.05) is 6.61 Å². The average Bonchev–Trinajstić information content (AvgIpc) is 2.90. The molecular weight excluding hydrogens is 312 g/mol. The van der Waals surface area contributed by atoms with E-state index in [2.05, 4.69) is 15.5 Å². The minimum absolute atomic E-state index is 0.309. The summed E-state index contributed by atoms with van der Waals surface area (Å²) in [5.74, 6) is -0.0394. The normalized spacial score (nSPS) is 11.7. The SMILES string of the molecule is CCOc1ncccc1C(=O)N/N=c1/sc2ccccc2n1C. The summed E-state index contributed by atoms with van der Waals surface area (Å²) in [6, 6.07) is 11.3. The number of nitrogens with one attached hydrogen (secondary N) is 1. The quantitative estimate of drug-likeness (QED) is 0.747. The summed E-state index contributed by atoms with van der Waals surface area (Å²) in [5.41, 5.74) is 4.01. The van der Waals surface area contributed by atoms with E-state index in [1.165, 1.54) is 11.3 Å². The van der Waals surface area contributed by atoms with Crippen LogP contribution in [0.15, 0.2) is 47.7 Å². The second-order valence-corrected chi connectivity index (χ2v) is 5.76. The molecule has 0 spiro atoms. The standard InChI is InChI=1S/C16H16N4O2S/c1-3-22-15-11(7-6-10-17-15)14(21)18-19-16-20(2)12-8-4-5-9-13(12)23-16/h4-10H,3H2,1-2H3,(H,18,21)/b19-16+. The van der Waals surface area contributed by atoms with E-state index in [9.17, 15) is 4.79 Å². The molecule has 3 rings (SSSR count). The smallest absolute Gasteiger partial charge is 0.276 e. The van der Waals surface area contributed by atoms with E-state index < -0.39 is 0 Å². The molecule has 0 aliphatic carbocycles. The molecule has 118 valence electrons. The molecule has 2 aromatic heterocycles. The highest BCUT2D eigenvalue weighted by Crippen LogP contribution is 2.15. The van der Waals surface area contributed by atoms with Crippen LogP contribution in [0.5, 0.6) is 5.88 Å². The Morgan fingerprint density at radius 2 is 2.17 bits per heavy atom. The van der Waals surface area contributed by atoms with Gasteiger partial charge in [0.05, 0.1) is 16.8 Å².